The van der Waals surface area contributed by atoms with E-state index in [0.717, 1.165) is 30.8 Å². The van der Waals surface area contributed by atoms with E-state index in [9.17, 15) is 0 Å². The van der Waals surface area contributed by atoms with E-state index in [0.29, 0.717) is 11.2 Å². The van der Waals surface area contributed by atoms with Crippen molar-refractivity contribution in [1.29, 1.82) is 0 Å². The van der Waals surface area contributed by atoms with Crippen molar-refractivity contribution in [3.8, 4) is 0 Å². The molecule has 0 aromatic carbocycles. The maximum absolute atomic E-state index is 8.94. The molecule has 0 amide bonds. The van der Waals surface area contributed by atoms with E-state index in [-0.39, 0.29) is 6.61 Å². The molecule has 0 radical (unpaired) electrons. The summed E-state index contributed by atoms with van der Waals surface area (Å²) in [5.74, 6) is 0.885. The molecular weight excluding hydrogens is 238 g/mol. The van der Waals surface area contributed by atoms with Gasteiger partial charge in [0.05, 0.1) is 0 Å². The monoisotopic (exact) mass is 257 g/mol. The molecule has 0 aliphatic heterocycles. The molecule has 1 aromatic rings. The third-order valence-corrected chi connectivity index (χ3v) is 3.00. The number of aliphatic hydroxyl groups is 1. The minimum Gasteiger partial charge on any atom is -0.396 e. The Balaban J connectivity index is 3.04. The Hall–Kier alpha value is -0.870. The van der Waals surface area contributed by atoms with E-state index in [1.165, 1.54) is 6.33 Å². The standard InChI is InChI=1S/C12H20ClN3O/c1-4-10-11(13)14-8-15-12(10)16(9(2)3)6-5-7-17/h8-9,17H,4-7H2,1-3H3. The molecule has 0 aliphatic carbocycles. The molecule has 1 rings (SSSR count). The van der Waals surface area contributed by atoms with Gasteiger partial charge in [-0.3, -0.25) is 0 Å². The van der Waals surface area contributed by atoms with E-state index in [1.807, 2.05) is 6.92 Å². The Kier molecular flexibility index (Phi) is 5.65. The Labute approximate surface area is 108 Å². The van der Waals surface area contributed by atoms with Gasteiger partial charge in [0.1, 0.15) is 17.3 Å². The van der Waals surface area contributed by atoms with Crippen LogP contribution in [0.5, 0.6) is 0 Å². The van der Waals surface area contributed by atoms with Crippen LogP contribution in [0, 0.1) is 0 Å². The van der Waals surface area contributed by atoms with Gasteiger partial charge in [0, 0.05) is 24.8 Å². The lowest BCUT2D eigenvalue weighted by atomic mass is 10.2. The average molecular weight is 258 g/mol. The van der Waals surface area contributed by atoms with Crippen molar-refractivity contribution < 1.29 is 5.11 Å². The van der Waals surface area contributed by atoms with Crippen molar-refractivity contribution in [3.63, 3.8) is 0 Å². The number of aromatic nitrogens is 2. The highest BCUT2D eigenvalue weighted by molar-refractivity contribution is 6.30. The molecule has 0 saturated heterocycles. The van der Waals surface area contributed by atoms with Gasteiger partial charge in [0.15, 0.2) is 0 Å². The molecule has 1 heterocycles. The van der Waals surface area contributed by atoms with E-state index in [2.05, 4.69) is 28.7 Å². The van der Waals surface area contributed by atoms with Crippen LogP contribution < -0.4 is 4.90 Å². The first-order valence-corrected chi connectivity index (χ1v) is 6.36. The highest BCUT2D eigenvalue weighted by Crippen LogP contribution is 2.25. The summed E-state index contributed by atoms with van der Waals surface area (Å²) in [4.78, 5) is 10.5. The molecular formula is C12H20ClN3O. The molecule has 0 saturated carbocycles. The summed E-state index contributed by atoms with van der Waals surface area (Å²) in [6.45, 7) is 7.20. The molecule has 1 aromatic heterocycles. The van der Waals surface area contributed by atoms with Gasteiger partial charge in [0.25, 0.3) is 0 Å². The van der Waals surface area contributed by atoms with Crippen molar-refractivity contribution in [2.24, 2.45) is 0 Å². The SMILES string of the molecule is CCc1c(Cl)ncnc1N(CCCO)C(C)C. The molecule has 0 fully saturated rings. The topological polar surface area (TPSA) is 49.2 Å². The molecule has 4 nitrogen and oxygen atoms in total. The fourth-order valence-corrected chi connectivity index (χ4v) is 2.05. The number of aliphatic hydroxyl groups excluding tert-OH is 1. The Morgan fingerprint density at radius 2 is 2.12 bits per heavy atom. The molecule has 0 aliphatic rings. The summed E-state index contributed by atoms with van der Waals surface area (Å²) in [6, 6.07) is 0.317. The minimum absolute atomic E-state index is 0.184. The second-order valence-corrected chi connectivity index (χ2v) is 4.54. The second-order valence-electron chi connectivity index (χ2n) is 4.18. The molecule has 96 valence electrons. The number of hydrogen-bond acceptors (Lipinski definition) is 4. The van der Waals surface area contributed by atoms with E-state index in [1.54, 1.807) is 0 Å². The summed E-state index contributed by atoms with van der Waals surface area (Å²) >= 11 is 6.09. The first-order chi connectivity index (χ1) is 8.11. The number of anilines is 1. The molecule has 0 spiro atoms. The molecule has 1 N–H and O–H groups in total. The van der Waals surface area contributed by atoms with Crippen LogP contribution in [0.15, 0.2) is 6.33 Å². The van der Waals surface area contributed by atoms with Crippen molar-refractivity contribution >= 4 is 17.4 Å². The van der Waals surface area contributed by atoms with Crippen LogP contribution in [0.25, 0.3) is 0 Å². The number of halogens is 1. The number of rotatable bonds is 6. The van der Waals surface area contributed by atoms with Crippen LogP contribution in [0.3, 0.4) is 0 Å². The normalized spacial score (nSPS) is 10.9. The lowest BCUT2D eigenvalue weighted by Crippen LogP contribution is -2.34. The Bertz CT molecular complexity index is 358. The second kappa shape index (κ2) is 6.77. The summed E-state index contributed by atoms with van der Waals surface area (Å²) < 4.78 is 0. The van der Waals surface area contributed by atoms with Crippen LogP contribution in [-0.2, 0) is 6.42 Å². The molecule has 0 atom stereocenters. The molecule has 0 unspecified atom stereocenters. The lowest BCUT2D eigenvalue weighted by molar-refractivity contribution is 0.288. The fourth-order valence-electron chi connectivity index (χ4n) is 1.78. The summed E-state index contributed by atoms with van der Waals surface area (Å²) in [5.41, 5.74) is 0.973. The minimum atomic E-state index is 0.184. The van der Waals surface area contributed by atoms with Gasteiger partial charge in [-0.2, -0.15) is 0 Å². The van der Waals surface area contributed by atoms with Gasteiger partial charge in [-0.25, -0.2) is 9.97 Å². The van der Waals surface area contributed by atoms with Crippen LogP contribution in [0.4, 0.5) is 5.82 Å². The maximum atomic E-state index is 8.94. The summed E-state index contributed by atoms with van der Waals surface area (Å²) in [7, 11) is 0. The fraction of sp³-hybridized carbons (Fsp3) is 0.667. The Morgan fingerprint density at radius 3 is 2.65 bits per heavy atom. The zero-order valence-corrected chi connectivity index (χ0v) is 11.4. The largest absolute Gasteiger partial charge is 0.396 e. The van der Waals surface area contributed by atoms with Crippen LogP contribution >= 0.6 is 11.6 Å². The van der Waals surface area contributed by atoms with Gasteiger partial charge < -0.3 is 10.0 Å². The summed E-state index contributed by atoms with van der Waals surface area (Å²) in [5, 5.41) is 9.46. The quantitative estimate of drug-likeness (QED) is 0.795. The zero-order chi connectivity index (χ0) is 12.8. The third kappa shape index (κ3) is 3.54. The van der Waals surface area contributed by atoms with E-state index in [4.69, 9.17) is 16.7 Å². The number of nitrogens with zero attached hydrogens (tertiary/aromatic N) is 3. The van der Waals surface area contributed by atoms with E-state index < -0.39 is 0 Å². The van der Waals surface area contributed by atoms with Gasteiger partial charge >= 0.3 is 0 Å². The highest BCUT2D eigenvalue weighted by Gasteiger charge is 2.17. The van der Waals surface area contributed by atoms with Gasteiger partial charge in [-0.1, -0.05) is 18.5 Å². The van der Waals surface area contributed by atoms with E-state index >= 15 is 0 Å². The molecule has 17 heavy (non-hydrogen) atoms. The van der Waals surface area contributed by atoms with Crippen LogP contribution in [-0.4, -0.2) is 34.3 Å². The van der Waals surface area contributed by atoms with Crippen molar-refractivity contribution in [2.75, 3.05) is 18.1 Å². The summed E-state index contributed by atoms with van der Waals surface area (Å²) in [6.07, 6.45) is 3.02. The smallest absolute Gasteiger partial charge is 0.137 e. The van der Waals surface area contributed by atoms with Crippen LogP contribution in [0.2, 0.25) is 5.15 Å². The highest BCUT2D eigenvalue weighted by atomic mass is 35.5. The van der Waals surface area contributed by atoms with Crippen molar-refractivity contribution in [3.05, 3.63) is 17.0 Å². The lowest BCUT2D eigenvalue weighted by Gasteiger charge is -2.29. The first kappa shape index (κ1) is 14.2. The average Bonchev–Trinajstić information content (AvgIpc) is 2.29. The predicted molar refractivity (Wildman–Crippen MR) is 70.6 cm³/mol. The van der Waals surface area contributed by atoms with Gasteiger partial charge in [0.2, 0.25) is 0 Å². The predicted octanol–water partition coefficient (Wildman–Crippen LogP) is 2.29. The van der Waals surface area contributed by atoms with Gasteiger partial charge in [-0.15, -0.1) is 0 Å². The first-order valence-electron chi connectivity index (χ1n) is 5.98. The molecule has 0 bridgehead atoms. The Morgan fingerprint density at radius 1 is 1.41 bits per heavy atom. The third-order valence-electron chi connectivity index (χ3n) is 2.68. The van der Waals surface area contributed by atoms with Crippen molar-refractivity contribution in [2.45, 2.75) is 39.7 Å². The number of hydrogen-bond donors (Lipinski definition) is 1. The van der Waals surface area contributed by atoms with Crippen molar-refractivity contribution in [1.82, 2.24) is 9.97 Å². The van der Waals surface area contributed by atoms with Gasteiger partial charge in [-0.05, 0) is 26.7 Å². The zero-order valence-electron chi connectivity index (χ0n) is 10.6. The maximum Gasteiger partial charge on any atom is 0.137 e. The molecule has 5 heteroatoms. The van der Waals surface area contributed by atoms with Crippen LogP contribution in [0.1, 0.15) is 32.8 Å².